The van der Waals surface area contributed by atoms with E-state index >= 15 is 0 Å². The Balaban J connectivity index is 1.59. The van der Waals surface area contributed by atoms with Crippen LogP contribution in [-0.4, -0.2) is 158 Å². The number of carbonyl (C=O) groups is 3. The Morgan fingerprint density at radius 3 is 1.29 bits per heavy atom. The van der Waals surface area contributed by atoms with Crippen LogP contribution in [-0.2, 0) is 40.1 Å². The number of nitrogens with zero attached hydrogens (tertiary/aromatic N) is 7. The minimum atomic E-state index is -1.06. The Hall–Kier alpha value is -4.91. The lowest BCUT2D eigenvalue weighted by Crippen LogP contribution is -2.60. The molecule has 5 heterocycles. The van der Waals surface area contributed by atoms with E-state index in [0.29, 0.717) is 38.8 Å². The Bertz CT molecular complexity index is 1520. The number of hydrogen-bond acceptors (Lipinski definition) is 11. The Kier molecular flexibility index (Phi) is 12.0. The first-order valence-electron chi connectivity index (χ1n) is 15.7. The molecule has 0 amide bonds. The molecule has 8 N–H and O–H groups in total. The summed E-state index contributed by atoms with van der Waals surface area (Å²) in [6.07, 6.45) is 14.7. The molecule has 1 saturated heterocycles. The molecular formula is C30H42N12O6. The molecule has 0 unspecified atom stereocenters. The molecule has 0 radical (unpaired) electrons. The Morgan fingerprint density at radius 1 is 0.562 bits per heavy atom. The average molecular weight is 667 g/mol. The maximum atomic E-state index is 12.4. The monoisotopic (exact) mass is 666 g/mol. The van der Waals surface area contributed by atoms with Crippen LogP contribution in [0.15, 0.2) is 50.1 Å². The van der Waals surface area contributed by atoms with E-state index in [-0.39, 0.29) is 44.8 Å². The van der Waals surface area contributed by atoms with Crippen LogP contribution < -0.4 is 5.32 Å². The number of H-pyrrole nitrogens is 4. The van der Waals surface area contributed by atoms with Gasteiger partial charge in [0.1, 0.15) is 0 Å². The maximum absolute atomic E-state index is 12.4. The zero-order chi connectivity index (χ0) is 33.9. The van der Waals surface area contributed by atoms with Gasteiger partial charge in [0.25, 0.3) is 0 Å². The van der Waals surface area contributed by atoms with Crippen molar-refractivity contribution in [1.29, 1.82) is 0 Å². The smallest absolute Gasteiger partial charge is 0.317 e. The van der Waals surface area contributed by atoms with Gasteiger partial charge in [0.15, 0.2) is 0 Å². The summed E-state index contributed by atoms with van der Waals surface area (Å²) < 4.78 is 0. The molecule has 0 aromatic carbocycles. The molecule has 258 valence electrons. The van der Waals surface area contributed by atoms with E-state index in [1.807, 2.05) is 14.7 Å². The van der Waals surface area contributed by atoms with E-state index in [0.717, 1.165) is 22.8 Å². The summed E-state index contributed by atoms with van der Waals surface area (Å²) >= 11 is 0. The van der Waals surface area contributed by atoms with E-state index in [1.165, 1.54) is 0 Å². The van der Waals surface area contributed by atoms with E-state index in [9.17, 15) is 29.7 Å². The van der Waals surface area contributed by atoms with E-state index in [4.69, 9.17) is 0 Å². The van der Waals surface area contributed by atoms with Crippen molar-refractivity contribution in [3.63, 3.8) is 0 Å². The van der Waals surface area contributed by atoms with Gasteiger partial charge in [0.2, 0.25) is 0 Å². The van der Waals surface area contributed by atoms with Crippen LogP contribution in [0.4, 0.5) is 0 Å². The Labute approximate surface area is 276 Å². The van der Waals surface area contributed by atoms with Crippen LogP contribution in [0.2, 0.25) is 0 Å². The molecule has 18 heteroatoms. The van der Waals surface area contributed by atoms with Crippen molar-refractivity contribution in [2.75, 3.05) is 45.8 Å². The quantitative estimate of drug-likeness (QED) is 0.0812. The number of carboxylic acids is 3. The number of imidazole rings is 4. The summed E-state index contributed by atoms with van der Waals surface area (Å²) in [5, 5.41) is 34.0. The highest BCUT2D eigenvalue weighted by Gasteiger charge is 2.35. The number of aromatic nitrogens is 8. The minimum Gasteiger partial charge on any atom is -0.480 e. The van der Waals surface area contributed by atoms with Gasteiger partial charge in [-0.05, 0) is 0 Å². The number of aliphatic carboxylic acids is 3. The van der Waals surface area contributed by atoms with Gasteiger partial charge in [0.05, 0.1) is 44.9 Å². The third-order valence-electron chi connectivity index (χ3n) is 8.60. The van der Waals surface area contributed by atoms with Crippen LogP contribution in [0.1, 0.15) is 22.8 Å². The SMILES string of the molecule is O=C(O)CN1C[C@H](Cc2cnc[nH]2)NC[C@H](Cc2cnc[nH]2)N(CC(=O)O)C[C@H](Cc2cnc[nH]2)N(CC(=O)O)C[C@@H]1Cc1cnc[nH]1. The molecule has 4 atom stereocenters. The number of nitrogens with one attached hydrogen (secondary N) is 5. The molecule has 0 bridgehead atoms. The molecule has 0 aliphatic carbocycles. The third-order valence-corrected chi connectivity index (χ3v) is 8.60. The van der Waals surface area contributed by atoms with E-state index < -0.39 is 30.0 Å². The molecule has 48 heavy (non-hydrogen) atoms. The summed E-state index contributed by atoms with van der Waals surface area (Å²) in [5.74, 6) is -3.08. The minimum absolute atomic E-state index is 0.181. The number of carboxylic acid groups (broad SMARTS) is 3. The lowest BCUT2D eigenvalue weighted by molar-refractivity contribution is -0.142. The van der Waals surface area contributed by atoms with Crippen molar-refractivity contribution < 1.29 is 29.7 Å². The molecule has 0 saturated carbocycles. The van der Waals surface area contributed by atoms with Crippen LogP contribution in [0, 0.1) is 0 Å². The van der Waals surface area contributed by atoms with Crippen LogP contribution >= 0.6 is 0 Å². The molecule has 18 nitrogen and oxygen atoms in total. The van der Waals surface area contributed by atoms with Gasteiger partial charge in [-0.25, -0.2) is 19.9 Å². The normalized spacial score (nSPS) is 22.2. The first-order chi connectivity index (χ1) is 23.2. The summed E-state index contributed by atoms with van der Waals surface area (Å²) in [6, 6.07) is -1.57. The average Bonchev–Trinajstić information content (AvgIpc) is 3.86. The van der Waals surface area contributed by atoms with E-state index in [1.54, 1.807) is 50.1 Å². The number of rotatable bonds is 14. The lowest BCUT2D eigenvalue weighted by Gasteiger charge is -2.43. The highest BCUT2D eigenvalue weighted by Crippen LogP contribution is 2.19. The number of hydrogen-bond donors (Lipinski definition) is 8. The molecule has 1 aliphatic rings. The largest absolute Gasteiger partial charge is 0.480 e. The fraction of sp³-hybridized carbons (Fsp3) is 0.500. The highest BCUT2D eigenvalue weighted by molar-refractivity contribution is 5.70. The second kappa shape index (κ2) is 16.8. The molecule has 5 rings (SSSR count). The second-order valence-electron chi connectivity index (χ2n) is 12.2. The van der Waals surface area contributed by atoms with Crippen molar-refractivity contribution >= 4 is 17.9 Å². The third kappa shape index (κ3) is 10.3. The van der Waals surface area contributed by atoms with Gasteiger partial charge in [-0.2, -0.15) is 0 Å². The first kappa shape index (κ1) is 34.4. The predicted octanol–water partition coefficient (Wildman–Crippen LogP) is -0.913. The van der Waals surface area contributed by atoms with Gasteiger partial charge in [-0.3, -0.25) is 29.1 Å². The van der Waals surface area contributed by atoms with Gasteiger partial charge >= 0.3 is 17.9 Å². The van der Waals surface area contributed by atoms with Gasteiger partial charge in [-0.1, -0.05) is 0 Å². The zero-order valence-electron chi connectivity index (χ0n) is 26.4. The molecule has 1 fully saturated rings. The lowest BCUT2D eigenvalue weighted by atomic mass is 10.0. The van der Waals surface area contributed by atoms with Gasteiger partial charge in [0, 0.05) is 124 Å². The summed E-state index contributed by atoms with van der Waals surface area (Å²) in [6.45, 7) is 0.129. The van der Waals surface area contributed by atoms with Gasteiger partial charge < -0.3 is 40.6 Å². The number of aromatic amines is 4. The van der Waals surface area contributed by atoms with Crippen LogP contribution in [0.5, 0.6) is 0 Å². The summed E-state index contributed by atoms with van der Waals surface area (Å²) in [5.41, 5.74) is 3.19. The van der Waals surface area contributed by atoms with Crippen molar-refractivity contribution in [3.05, 3.63) is 72.9 Å². The van der Waals surface area contributed by atoms with Crippen LogP contribution in [0.3, 0.4) is 0 Å². The molecule has 4 aromatic rings. The molecule has 1 aliphatic heterocycles. The standard InChI is InChI=1S/C30H42N12O6/c43-28(44)13-40-10-24(1-20-5-31-16-36-20)35-9-25(2-21-6-32-17-37-21)41(14-29(45)46)11-27(4-23-8-34-19-39-23)42(15-30(47)48)12-26(40)3-22-7-33-18-38-22/h5-8,16-19,24-27,35H,1-4,9-15H2,(H,31,36)(H,32,37)(H,33,38)(H,34,39)(H,43,44)(H,45,46)(H,47,48)/t24-,25-,26-,27-/m0/s1. The zero-order valence-corrected chi connectivity index (χ0v) is 26.4. The van der Waals surface area contributed by atoms with E-state index in [2.05, 4.69) is 45.2 Å². The first-order valence-corrected chi connectivity index (χ1v) is 15.7. The second-order valence-corrected chi connectivity index (χ2v) is 12.2. The molecule has 0 spiro atoms. The van der Waals surface area contributed by atoms with Gasteiger partial charge in [-0.15, -0.1) is 0 Å². The molecule has 4 aromatic heterocycles. The van der Waals surface area contributed by atoms with Crippen molar-refractivity contribution in [1.82, 2.24) is 59.9 Å². The van der Waals surface area contributed by atoms with Crippen molar-refractivity contribution in [3.8, 4) is 0 Å². The molecular weight excluding hydrogens is 624 g/mol. The highest BCUT2D eigenvalue weighted by atomic mass is 16.4. The van der Waals surface area contributed by atoms with Crippen LogP contribution in [0.25, 0.3) is 0 Å². The van der Waals surface area contributed by atoms with Crippen molar-refractivity contribution in [2.24, 2.45) is 0 Å². The fourth-order valence-electron chi connectivity index (χ4n) is 6.44. The Morgan fingerprint density at radius 2 is 0.917 bits per heavy atom. The predicted molar refractivity (Wildman–Crippen MR) is 170 cm³/mol. The summed E-state index contributed by atoms with van der Waals surface area (Å²) in [4.78, 5) is 71.7. The fourth-order valence-corrected chi connectivity index (χ4v) is 6.44. The van der Waals surface area contributed by atoms with Crippen molar-refractivity contribution in [2.45, 2.75) is 49.9 Å². The summed E-state index contributed by atoms with van der Waals surface area (Å²) in [7, 11) is 0. The maximum Gasteiger partial charge on any atom is 0.317 e. The topological polar surface area (TPSA) is 248 Å².